The molecule has 0 bridgehead atoms. The first-order valence-corrected chi connectivity index (χ1v) is 13.1. The van der Waals surface area contributed by atoms with Crippen molar-refractivity contribution < 1.29 is 14.7 Å². The van der Waals surface area contributed by atoms with Gasteiger partial charge in [0.25, 0.3) is 0 Å². The number of azo groups is 1. The first-order chi connectivity index (χ1) is 18.6. The van der Waals surface area contributed by atoms with Crippen LogP contribution in [0.15, 0.2) is 58.3 Å². The van der Waals surface area contributed by atoms with E-state index in [1.807, 2.05) is 29.3 Å². The van der Waals surface area contributed by atoms with Gasteiger partial charge >= 0.3 is 6.03 Å². The SMILES string of the molecule is NC(=O)N(c1cccc2c1C(=O)C1=C(c3ccc(N4CCNCC4)cc3)N=NC12)N1CCN(CCO)CC1. The molecule has 2 amide bonds. The number of benzene rings is 2. The molecule has 2 saturated heterocycles. The number of hydrogen-bond acceptors (Lipinski definition) is 9. The molecule has 11 nitrogen and oxygen atoms in total. The second-order valence-electron chi connectivity index (χ2n) is 9.90. The smallest absolute Gasteiger partial charge is 0.334 e. The lowest BCUT2D eigenvalue weighted by atomic mass is 10.0. The standard InChI is InChI=1S/C27H32N8O3/c28-27(38)35(34-14-12-32(13-15-34)16-17-36)21-3-1-2-20-22(21)26(37)23-24(30-31-25(20)23)18-4-6-19(7-5-18)33-10-8-29-9-11-33/h1-7,25,29,36H,8-17H2,(H2,28,38). The van der Waals surface area contributed by atoms with Gasteiger partial charge in [-0.1, -0.05) is 24.3 Å². The molecule has 1 atom stereocenters. The lowest BCUT2D eigenvalue weighted by molar-refractivity contribution is 0.103. The van der Waals surface area contributed by atoms with Gasteiger partial charge in [-0.25, -0.2) is 14.8 Å². The summed E-state index contributed by atoms with van der Waals surface area (Å²) < 4.78 is 0. The molecule has 198 valence electrons. The van der Waals surface area contributed by atoms with Crippen LogP contribution in [0.5, 0.6) is 0 Å². The fraction of sp³-hybridized carbons (Fsp3) is 0.407. The molecule has 2 fully saturated rings. The number of nitrogens with one attached hydrogen (secondary N) is 1. The molecule has 1 aliphatic carbocycles. The van der Waals surface area contributed by atoms with Crippen molar-refractivity contribution in [3.63, 3.8) is 0 Å². The quantitative estimate of drug-likeness (QED) is 0.532. The van der Waals surface area contributed by atoms with Crippen molar-refractivity contribution in [3.05, 3.63) is 64.7 Å². The Balaban J connectivity index is 1.31. The maximum absolute atomic E-state index is 13.9. The van der Waals surface area contributed by atoms with Crippen LogP contribution in [0, 0.1) is 0 Å². The maximum atomic E-state index is 13.9. The summed E-state index contributed by atoms with van der Waals surface area (Å²) >= 11 is 0. The summed E-state index contributed by atoms with van der Waals surface area (Å²) in [6, 6.07) is 12.5. The number of carbonyl (C=O) groups is 2. The number of β-amino-alcohol motifs (C(OH)–C–C–N with tert-alkyl or cyclic N) is 1. The molecule has 6 rings (SSSR count). The minimum Gasteiger partial charge on any atom is -0.395 e. The molecule has 1 unspecified atom stereocenters. The summed E-state index contributed by atoms with van der Waals surface area (Å²) in [6.45, 7) is 6.99. The third-order valence-electron chi connectivity index (χ3n) is 7.75. The second-order valence-corrected chi connectivity index (χ2v) is 9.90. The first kappa shape index (κ1) is 24.7. The summed E-state index contributed by atoms with van der Waals surface area (Å²) in [5, 5.41) is 24.8. The Morgan fingerprint density at radius 2 is 1.79 bits per heavy atom. The van der Waals surface area contributed by atoms with Gasteiger partial charge in [-0.05, 0) is 23.8 Å². The van der Waals surface area contributed by atoms with E-state index in [-0.39, 0.29) is 12.4 Å². The number of amides is 2. The second kappa shape index (κ2) is 10.3. The number of aliphatic hydroxyl groups excluding tert-OH is 1. The summed E-state index contributed by atoms with van der Waals surface area (Å²) in [6.07, 6.45) is 0. The van der Waals surface area contributed by atoms with E-state index < -0.39 is 12.1 Å². The van der Waals surface area contributed by atoms with Crippen molar-refractivity contribution in [3.8, 4) is 0 Å². The lowest BCUT2D eigenvalue weighted by Gasteiger charge is -2.40. The van der Waals surface area contributed by atoms with E-state index in [0.717, 1.165) is 43.0 Å². The molecule has 0 saturated carbocycles. The van der Waals surface area contributed by atoms with Gasteiger partial charge in [0.2, 0.25) is 0 Å². The molecule has 4 aliphatic rings. The topological polar surface area (TPSA) is 130 Å². The number of rotatable bonds is 6. The van der Waals surface area contributed by atoms with Crippen LogP contribution in [0.3, 0.4) is 0 Å². The van der Waals surface area contributed by atoms with Crippen LogP contribution < -0.4 is 21.0 Å². The Hall–Kier alpha value is -3.64. The van der Waals surface area contributed by atoms with Crippen molar-refractivity contribution in [2.75, 3.05) is 75.4 Å². The lowest BCUT2D eigenvalue weighted by Crippen LogP contribution is -2.57. The van der Waals surface area contributed by atoms with E-state index in [1.54, 1.807) is 6.07 Å². The van der Waals surface area contributed by atoms with E-state index in [4.69, 9.17) is 5.73 Å². The van der Waals surface area contributed by atoms with E-state index in [9.17, 15) is 14.7 Å². The molecule has 3 aliphatic heterocycles. The molecule has 38 heavy (non-hydrogen) atoms. The molecule has 4 N–H and O–H groups in total. The number of hydrogen-bond donors (Lipinski definition) is 3. The number of carbonyl (C=O) groups excluding carboxylic acids is 2. The van der Waals surface area contributed by atoms with Crippen LogP contribution in [0.2, 0.25) is 0 Å². The van der Waals surface area contributed by atoms with Crippen LogP contribution in [-0.2, 0) is 0 Å². The number of nitrogens with two attached hydrogens (primary N) is 1. The summed E-state index contributed by atoms with van der Waals surface area (Å²) in [7, 11) is 0. The van der Waals surface area contributed by atoms with Crippen LogP contribution in [0.25, 0.3) is 5.70 Å². The summed E-state index contributed by atoms with van der Waals surface area (Å²) in [5.41, 5.74) is 10.6. The minimum atomic E-state index is -0.641. The molecule has 0 radical (unpaired) electrons. The third-order valence-corrected chi connectivity index (χ3v) is 7.75. The van der Waals surface area contributed by atoms with Crippen molar-refractivity contribution in [1.29, 1.82) is 0 Å². The van der Waals surface area contributed by atoms with Gasteiger partial charge in [0.05, 0.1) is 23.4 Å². The molecule has 0 spiro atoms. The highest BCUT2D eigenvalue weighted by Crippen LogP contribution is 2.49. The van der Waals surface area contributed by atoms with Gasteiger partial charge in [-0.15, -0.1) is 0 Å². The van der Waals surface area contributed by atoms with Gasteiger partial charge in [0.1, 0.15) is 11.7 Å². The van der Waals surface area contributed by atoms with Crippen LogP contribution in [0.4, 0.5) is 16.2 Å². The van der Waals surface area contributed by atoms with Gasteiger partial charge in [-0.3, -0.25) is 9.69 Å². The van der Waals surface area contributed by atoms with Crippen LogP contribution >= 0.6 is 0 Å². The Morgan fingerprint density at radius 3 is 2.47 bits per heavy atom. The normalized spacial score (nSPS) is 21.7. The summed E-state index contributed by atoms with van der Waals surface area (Å²) in [5.74, 6) is -0.169. The first-order valence-electron chi connectivity index (χ1n) is 13.1. The number of aliphatic hydroxyl groups is 1. The zero-order valence-corrected chi connectivity index (χ0v) is 21.2. The fourth-order valence-corrected chi connectivity index (χ4v) is 5.83. The molecule has 11 heteroatoms. The Bertz CT molecular complexity index is 1290. The number of Topliss-reactive ketones (excluding diaryl/α,β-unsaturated/α-hetero) is 1. The third kappa shape index (κ3) is 4.27. The number of hydrazine groups is 1. The predicted octanol–water partition coefficient (Wildman–Crippen LogP) is 1.62. The van der Waals surface area contributed by atoms with Gasteiger partial charge in [0, 0.05) is 70.2 Å². The average molecular weight is 517 g/mol. The average Bonchev–Trinajstić information content (AvgIpc) is 3.50. The highest BCUT2D eigenvalue weighted by atomic mass is 16.3. The molecular formula is C27H32N8O3. The largest absolute Gasteiger partial charge is 0.395 e. The Kier molecular flexibility index (Phi) is 6.66. The number of nitrogens with zero attached hydrogens (tertiary/aromatic N) is 6. The van der Waals surface area contributed by atoms with E-state index in [2.05, 4.69) is 37.5 Å². The monoisotopic (exact) mass is 516 g/mol. The van der Waals surface area contributed by atoms with Crippen molar-refractivity contribution in [1.82, 2.24) is 15.2 Å². The molecular weight excluding hydrogens is 484 g/mol. The number of ketones is 1. The molecule has 3 heterocycles. The van der Waals surface area contributed by atoms with Crippen LogP contribution in [0.1, 0.15) is 27.5 Å². The number of urea groups is 1. The van der Waals surface area contributed by atoms with Crippen LogP contribution in [-0.4, -0.2) is 92.3 Å². The molecule has 0 aromatic heterocycles. The van der Waals surface area contributed by atoms with Crippen molar-refractivity contribution >= 4 is 28.9 Å². The highest BCUT2D eigenvalue weighted by Gasteiger charge is 2.44. The minimum absolute atomic E-state index is 0.0894. The maximum Gasteiger partial charge on any atom is 0.334 e. The van der Waals surface area contributed by atoms with Gasteiger partial charge < -0.3 is 21.1 Å². The Morgan fingerprint density at radius 1 is 1.05 bits per heavy atom. The zero-order valence-electron chi connectivity index (χ0n) is 21.2. The Labute approximate surface area is 221 Å². The van der Waals surface area contributed by atoms with Gasteiger partial charge in [0.15, 0.2) is 5.78 Å². The predicted molar refractivity (Wildman–Crippen MR) is 144 cm³/mol. The number of anilines is 2. The van der Waals surface area contributed by atoms with E-state index in [1.165, 1.54) is 5.01 Å². The number of piperazine rings is 2. The van der Waals surface area contributed by atoms with E-state index >= 15 is 0 Å². The number of primary amides is 1. The summed E-state index contributed by atoms with van der Waals surface area (Å²) in [4.78, 5) is 31.1. The van der Waals surface area contributed by atoms with Crippen molar-refractivity contribution in [2.45, 2.75) is 6.04 Å². The van der Waals surface area contributed by atoms with Crippen molar-refractivity contribution in [2.24, 2.45) is 16.0 Å². The fourth-order valence-electron chi connectivity index (χ4n) is 5.83. The zero-order chi connectivity index (χ0) is 26.2. The molecule has 2 aromatic rings. The van der Waals surface area contributed by atoms with Gasteiger partial charge in [-0.2, -0.15) is 10.2 Å². The highest BCUT2D eigenvalue weighted by molar-refractivity contribution is 6.22. The number of fused-ring (bicyclic) bond motifs is 3. The van der Waals surface area contributed by atoms with E-state index in [0.29, 0.717) is 55.2 Å². The molecule has 2 aromatic carbocycles.